The molecule has 0 fully saturated rings. The van der Waals surface area contributed by atoms with E-state index in [1.807, 2.05) is 13.8 Å². The molecule has 1 rings (SSSR count). The first-order valence-electron chi connectivity index (χ1n) is 8.10. The summed E-state index contributed by atoms with van der Waals surface area (Å²) >= 11 is 0. The molecule has 1 aromatic rings. The van der Waals surface area contributed by atoms with Crippen LogP contribution in [0.2, 0.25) is 0 Å². The Morgan fingerprint density at radius 2 is 1.73 bits per heavy atom. The highest BCUT2D eigenvalue weighted by Gasteiger charge is 2.24. The summed E-state index contributed by atoms with van der Waals surface area (Å²) in [4.78, 5) is 11.6. The largest absolute Gasteiger partial charge is 0.354 e. The molecule has 0 saturated carbocycles. The first-order chi connectivity index (χ1) is 11.8. The lowest BCUT2D eigenvalue weighted by Crippen LogP contribution is -2.34. The molecule has 148 valence electrons. The van der Waals surface area contributed by atoms with Crippen LogP contribution < -0.4 is 14.3 Å². The van der Waals surface area contributed by atoms with E-state index in [0.29, 0.717) is 16.8 Å². The van der Waals surface area contributed by atoms with Crippen LogP contribution in [0.25, 0.3) is 0 Å². The maximum Gasteiger partial charge on any atom is 0.240 e. The maximum absolute atomic E-state index is 12.6. The fraction of sp³-hybridized carbons (Fsp3) is 0.562. The molecule has 26 heavy (non-hydrogen) atoms. The van der Waals surface area contributed by atoms with Gasteiger partial charge in [0.15, 0.2) is 0 Å². The SMILES string of the molecule is Cc1ccc(S(=O)(=O)NCCC(=O)NC(C)C)c(C)c1N(C)S(C)(=O)=O. The van der Waals surface area contributed by atoms with Crippen molar-refractivity contribution in [1.29, 1.82) is 0 Å². The Morgan fingerprint density at radius 3 is 2.23 bits per heavy atom. The van der Waals surface area contributed by atoms with Crippen molar-refractivity contribution < 1.29 is 21.6 Å². The van der Waals surface area contributed by atoms with Gasteiger partial charge in [0, 0.05) is 26.1 Å². The van der Waals surface area contributed by atoms with E-state index in [0.717, 1.165) is 10.6 Å². The number of hydrogen-bond acceptors (Lipinski definition) is 5. The number of sulfonamides is 2. The summed E-state index contributed by atoms with van der Waals surface area (Å²) < 4.78 is 52.3. The van der Waals surface area contributed by atoms with Crippen molar-refractivity contribution in [2.24, 2.45) is 0 Å². The minimum absolute atomic E-state index is 0.0123. The van der Waals surface area contributed by atoms with Crippen LogP contribution >= 0.6 is 0 Å². The first kappa shape index (κ1) is 22.4. The van der Waals surface area contributed by atoms with E-state index in [1.54, 1.807) is 19.9 Å². The Bertz CT molecular complexity index is 877. The number of nitrogens with zero attached hydrogens (tertiary/aromatic N) is 1. The molecule has 0 atom stereocenters. The molecule has 2 N–H and O–H groups in total. The van der Waals surface area contributed by atoms with E-state index in [4.69, 9.17) is 0 Å². The van der Waals surface area contributed by atoms with Gasteiger partial charge in [-0.15, -0.1) is 0 Å². The molecule has 0 aliphatic rings. The third-order valence-electron chi connectivity index (χ3n) is 3.78. The van der Waals surface area contributed by atoms with E-state index >= 15 is 0 Å². The summed E-state index contributed by atoms with van der Waals surface area (Å²) in [6.07, 6.45) is 1.07. The van der Waals surface area contributed by atoms with Crippen LogP contribution in [0.1, 0.15) is 31.4 Å². The van der Waals surface area contributed by atoms with Crippen molar-refractivity contribution in [3.05, 3.63) is 23.3 Å². The van der Waals surface area contributed by atoms with Gasteiger partial charge in [0.2, 0.25) is 26.0 Å². The highest BCUT2D eigenvalue weighted by atomic mass is 32.2. The lowest BCUT2D eigenvalue weighted by atomic mass is 10.1. The third-order valence-corrected chi connectivity index (χ3v) is 6.56. The monoisotopic (exact) mass is 405 g/mol. The number of benzene rings is 1. The molecule has 0 bridgehead atoms. The van der Waals surface area contributed by atoms with Gasteiger partial charge in [0.05, 0.1) is 16.8 Å². The van der Waals surface area contributed by atoms with Gasteiger partial charge in [0.25, 0.3) is 0 Å². The second-order valence-corrected chi connectivity index (χ2v) is 10.2. The highest BCUT2D eigenvalue weighted by molar-refractivity contribution is 7.92. The minimum atomic E-state index is -3.88. The molecule has 0 aliphatic carbocycles. The zero-order valence-corrected chi connectivity index (χ0v) is 17.6. The molecule has 0 aromatic heterocycles. The minimum Gasteiger partial charge on any atom is -0.354 e. The Balaban J connectivity index is 3.09. The van der Waals surface area contributed by atoms with E-state index in [-0.39, 0.29) is 29.8 Å². The van der Waals surface area contributed by atoms with Gasteiger partial charge in [-0.1, -0.05) is 6.07 Å². The van der Waals surface area contributed by atoms with Crippen LogP contribution in [0, 0.1) is 13.8 Å². The van der Waals surface area contributed by atoms with Crippen LogP contribution in [-0.2, 0) is 24.8 Å². The Morgan fingerprint density at radius 1 is 1.15 bits per heavy atom. The molecule has 0 saturated heterocycles. The van der Waals surface area contributed by atoms with Crippen molar-refractivity contribution in [3.63, 3.8) is 0 Å². The zero-order valence-electron chi connectivity index (χ0n) is 16.0. The van der Waals surface area contributed by atoms with Gasteiger partial charge in [-0.2, -0.15) is 0 Å². The number of rotatable bonds is 8. The summed E-state index contributed by atoms with van der Waals surface area (Å²) in [6.45, 7) is 6.86. The summed E-state index contributed by atoms with van der Waals surface area (Å²) in [5, 5.41) is 2.68. The standard InChI is InChI=1S/C16H27N3O5S2/c1-11(2)18-15(20)9-10-17-26(23,24)14-8-7-12(3)16(13(14)4)19(5)25(6,21)22/h7-8,11,17H,9-10H2,1-6H3,(H,18,20). The van der Waals surface area contributed by atoms with Gasteiger partial charge in [-0.05, 0) is 44.9 Å². The average molecular weight is 406 g/mol. The molecule has 10 heteroatoms. The Hall–Kier alpha value is -1.65. The van der Waals surface area contributed by atoms with Crippen LogP contribution in [-0.4, -0.2) is 48.6 Å². The summed E-state index contributed by atoms with van der Waals surface area (Å²) in [6, 6.07) is 2.97. The predicted octanol–water partition coefficient (Wildman–Crippen LogP) is 0.892. The van der Waals surface area contributed by atoms with Gasteiger partial charge in [-0.25, -0.2) is 21.6 Å². The van der Waals surface area contributed by atoms with Gasteiger partial charge in [0.1, 0.15) is 0 Å². The molecule has 1 amide bonds. The Kier molecular flexibility index (Phi) is 7.20. The van der Waals surface area contributed by atoms with Crippen molar-refractivity contribution in [1.82, 2.24) is 10.0 Å². The maximum atomic E-state index is 12.6. The summed E-state index contributed by atoms with van der Waals surface area (Å²) in [7, 11) is -6.04. The topological polar surface area (TPSA) is 113 Å². The van der Waals surface area contributed by atoms with Crippen LogP contribution in [0.15, 0.2) is 17.0 Å². The molecule has 0 unspecified atom stereocenters. The van der Waals surface area contributed by atoms with Crippen LogP contribution in [0.5, 0.6) is 0 Å². The molecule has 8 nitrogen and oxygen atoms in total. The number of anilines is 1. The normalized spacial score (nSPS) is 12.3. The fourth-order valence-electron chi connectivity index (χ4n) is 2.53. The Labute approximate surface area is 156 Å². The number of amides is 1. The molecular weight excluding hydrogens is 378 g/mol. The molecule has 0 radical (unpaired) electrons. The van der Waals surface area contributed by atoms with Crippen molar-refractivity contribution in [3.8, 4) is 0 Å². The van der Waals surface area contributed by atoms with Gasteiger partial charge in [-0.3, -0.25) is 9.10 Å². The quantitative estimate of drug-likeness (QED) is 0.667. The van der Waals surface area contributed by atoms with Gasteiger partial charge < -0.3 is 5.32 Å². The second-order valence-electron chi connectivity index (χ2n) is 6.45. The summed E-state index contributed by atoms with van der Waals surface area (Å²) in [5.74, 6) is -0.249. The van der Waals surface area contributed by atoms with E-state index < -0.39 is 20.0 Å². The zero-order chi connectivity index (χ0) is 20.3. The van der Waals surface area contributed by atoms with Crippen LogP contribution in [0.4, 0.5) is 5.69 Å². The fourth-order valence-corrected chi connectivity index (χ4v) is 4.42. The number of carbonyl (C=O) groups excluding carboxylic acids is 1. The number of hydrogen-bond donors (Lipinski definition) is 2. The van der Waals surface area contributed by atoms with Crippen molar-refractivity contribution in [2.45, 2.75) is 45.1 Å². The first-order valence-corrected chi connectivity index (χ1v) is 11.4. The number of carbonyl (C=O) groups is 1. The predicted molar refractivity (Wildman–Crippen MR) is 102 cm³/mol. The highest BCUT2D eigenvalue weighted by Crippen LogP contribution is 2.30. The molecular formula is C16H27N3O5S2. The smallest absolute Gasteiger partial charge is 0.240 e. The lowest BCUT2D eigenvalue weighted by molar-refractivity contribution is -0.121. The number of nitrogens with one attached hydrogen (secondary N) is 2. The molecule has 1 aromatic carbocycles. The van der Waals surface area contributed by atoms with Gasteiger partial charge >= 0.3 is 0 Å². The van der Waals surface area contributed by atoms with Crippen LogP contribution in [0.3, 0.4) is 0 Å². The second kappa shape index (κ2) is 8.36. The van der Waals surface area contributed by atoms with Crippen molar-refractivity contribution >= 4 is 31.6 Å². The van der Waals surface area contributed by atoms with Crippen molar-refractivity contribution in [2.75, 3.05) is 24.2 Å². The van der Waals surface area contributed by atoms with E-state index in [9.17, 15) is 21.6 Å². The van der Waals surface area contributed by atoms with E-state index in [2.05, 4.69) is 10.0 Å². The average Bonchev–Trinajstić information content (AvgIpc) is 2.44. The molecule has 0 aliphatic heterocycles. The molecule has 0 spiro atoms. The number of aryl methyl sites for hydroxylation is 1. The molecule has 0 heterocycles. The van der Waals surface area contributed by atoms with E-state index in [1.165, 1.54) is 13.1 Å². The third kappa shape index (κ3) is 5.68. The lowest BCUT2D eigenvalue weighted by Gasteiger charge is -2.23. The summed E-state index contributed by atoms with van der Waals surface area (Å²) in [5.41, 5.74) is 1.30.